The number of phenols is 1. The molecule has 1 aromatic rings. The van der Waals surface area contributed by atoms with Gasteiger partial charge in [-0.15, -0.1) is 0 Å². The first-order chi connectivity index (χ1) is 12.4. The van der Waals surface area contributed by atoms with Gasteiger partial charge in [-0.3, -0.25) is 4.79 Å². The van der Waals surface area contributed by atoms with Crippen molar-refractivity contribution in [3.05, 3.63) is 30.7 Å². The minimum atomic E-state index is -0.931. The number of likely N-dealkylation sites (tertiary alicyclic amines) is 1. The standard InChI is InChI=1S/C21H25NO4.CH3/c1-22(11-12-2-3-12)9-8-20-17-13-4-5-14(23)18(17)26-19(20)15(24)6-7-21(20,25)16(22)10-13;/h4-5,12,16,19,25H,2-3,6-11H2,1H3;1H3/q;-1/p+1/t16-,19+,20+,21-,22?;/m1./s1. The summed E-state index contributed by atoms with van der Waals surface area (Å²) in [4.78, 5) is 12.8. The molecule has 5 nitrogen and oxygen atoms in total. The zero-order chi connectivity index (χ0) is 17.9. The molecule has 27 heavy (non-hydrogen) atoms. The summed E-state index contributed by atoms with van der Waals surface area (Å²) in [5.74, 6) is 1.42. The van der Waals surface area contributed by atoms with Crippen molar-refractivity contribution in [2.45, 2.75) is 61.7 Å². The summed E-state index contributed by atoms with van der Waals surface area (Å²) in [5.41, 5.74) is 0.492. The number of likely N-dealkylation sites (N-methyl/N-ethyl adjacent to an activating group) is 1. The van der Waals surface area contributed by atoms with E-state index in [1.54, 1.807) is 6.07 Å². The molecular formula is C22H29NO4. The molecule has 1 saturated heterocycles. The van der Waals surface area contributed by atoms with E-state index in [2.05, 4.69) is 7.05 Å². The lowest BCUT2D eigenvalue weighted by Crippen LogP contribution is -2.80. The zero-order valence-electron chi connectivity index (χ0n) is 16.2. The van der Waals surface area contributed by atoms with Crippen LogP contribution < -0.4 is 4.74 Å². The van der Waals surface area contributed by atoms with Crippen LogP contribution in [0.5, 0.6) is 11.5 Å². The van der Waals surface area contributed by atoms with Gasteiger partial charge in [-0.2, -0.15) is 0 Å². The molecule has 1 spiro atoms. The van der Waals surface area contributed by atoms with Gasteiger partial charge in [-0.05, 0) is 30.9 Å². The molecular weight excluding hydrogens is 342 g/mol. The zero-order valence-corrected chi connectivity index (χ0v) is 16.2. The van der Waals surface area contributed by atoms with Crippen LogP contribution in [0, 0.1) is 13.3 Å². The van der Waals surface area contributed by atoms with E-state index < -0.39 is 17.1 Å². The van der Waals surface area contributed by atoms with Crippen molar-refractivity contribution in [3.8, 4) is 11.5 Å². The second-order valence-corrected chi connectivity index (χ2v) is 9.61. The second-order valence-electron chi connectivity index (χ2n) is 9.61. The molecule has 2 N–H and O–H groups in total. The normalized spacial score (nSPS) is 43.6. The summed E-state index contributed by atoms with van der Waals surface area (Å²) in [7, 11) is 2.31. The van der Waals surface area contributed by atoms with Crippen LogP contribution in [0.25, 0.3) is 0 Å². The predicted molar refractivity (Wildman–Crippen MR) is 101 cm³/mol. The third-order valence-electron chi connectivity index (χ3n) is 8.28. The summed E-state index contributed by atoms with van der Waals surface area (Å²) >= 11 is 0. The van der Waals surface area contributed by atoms with Crippen LogP contribution in [0.15, 0.2) is 12.1 Å². The van der Waals surface area contributed by atoms with Crippen LogP contribution in [0.3, 0.4) is 0 Å². The van der Waals surface area contributed by atoms with Gasteiger partial charge in [0, 0.05) is 30.7 Å². The average Bonchev–Trinajstić information content (AvgIpc) is 3.32. The van der Waals surface area contributed by atoms with Gasteiger partial charge in [-0.1, -0.05) is 6.07 Å². The monoisotopic (exact) mass is 371 g/mol. The Balaban J connectivity index is 0.00000160. The van der Waals surface area contributed by atoms with E-state index in [0.717, 1.165) is 47.5 Å². The van der Waals surface area contributed by atoms with Crippen LogP contribution in [0.2, 0.25) is 0 Å². The Morgan fingerprint density at radius 1 is 1.30 bits per heavy atom. The summed E-state index contributed by atoms with van der Waals surface area (Å²) < 4.78 is 6.98. The van der Waals surface area contributed by atoms with Gasteiger partial charge in [0.15, 0.2) is 23.4 Å². The molecule has 2 heterocycles. The highest BCUT2D eigenvalue weighted by Crippen LogP contribution is 2.65. The molecule has 1 aromatic carbocycles. The van der Waals surface area contributed by atoms with Crippen LogP contribution >= 0.6 is 0 Å². The first kappa shape index (κ1) is 17.5. The Morgan fingerprint density at radius 3 is 2.81 bits per heavy atom. The number of quaternary nitrogens is 1. The van der Waals surface area contributed by atoms with Gasteiger partial charge in [0.1, 0.15) is 11.6 Å². The summed E-state index contributed by atoms with van der Waals surface area (Å²) in [6.45, 7) is 2.09. The smallest absolute Gasteiger partial charge is 0.174 e. The number of nitrogens with zero attached hydrogens (tertiary/aromatic N) is 1. The molecule has 5 aliphatic rings. The molecule has 2 saturated carbocycles. The molecule has 5 atom stereocenters. The van der Waals surface area contributed by atoms with E-state index in [-0.39, 0.29) is 25.0 Å². The molecule has 1 unspecified atom stereocenters. The minimum Gasteiger partial charge on any atom is -0.504 e. The summed E-state index contributed by atoms with van der Waals surface area (Å²) in [5, 5.41) is 22.5. The molecule has 0 radical (unpaired) electrons. The SMILES string of the molecule is C[N+]1(CC2CC2)CC[C@]23c4c5ccc(O)c4O[C@H]2C(=O)CC[C@@]3(O)[C@H]1C5.[CH3-]. The Labute approximate surface area is 160 Å². The first-order valence-corrected chi connectivity index (χ1v) is 10.0. The number of aliphatic hydroxyl groups is 1. The molecule has 146 valence electrons. The number of benzene rings is 1. The number of piperidine rings is 1. The number of ketones is 1. The topological polar surface area (TPSA) is 66.8 Å². The molecule has 0 amide bonds. The van der Waals surface area contributed by atoms with E-state index in [1.807, 2.05) is 6.07 Å². The largest absolute Gasteiger partial charge is 0.504 e. The maximum absolute atomic E-state index is 12.8. The van der Waals surface area contributed by atoms with E-state index in [1.165, 1.54) is 12.8 Å². The number of carbonyl (C=O) groups excluding carboxylic acids is 1. The molecule has 0 aromatic heterocycles. The van der Waals surface area contributed by atoms with Crippen molar-refractivity contribution in [3.63, 3.8) is 0 Å². The van der Waals surface area contributed by atoms with Crippen LogP contribution in [-0.4, -0.2) is 58.4 Å². The van der Waals surface area contributed by atoms with Crippen molar-refractivity contribution in [2.75, 3.05) is 20.1 Å². The number of hydrogen-bond acceptors (Lipinski definition) is 4. The number of hydrogen-bond donors (Lipinski definition) is 2. The lowest BCUT2D eigenvalue weighted by Gasteiger charge is -2.64. The lowest BCUT2D eigenvalue weighted by molar-refractivity contribution is -0.950. The van der Waals surface area contributed by atoms with Crippen LogP contribution in [0.4, 0.5) is 0 Å². The van der Waals surface area contributed by atoms with Gasteiger partial charge >= 0.3 is 0 Å². The van der Waals surface area contributed by atoms with Crippen molar-refractivity contribution in [2.24, 2.45) is 5.92 Å². The lowest BCUT2D eigenvalue weighted by atomic mass is 9.48. The highest BCUT2D eigenvalue weighted by Gasteiger charge is 2.76. The number of aromatic hydroxyl groups is 1. The number of ether oxygens (including phenoxy) is 1. The van der Waals surface area contributed by atoms with Gasteiger partial charge in [0.05, 0.1) is 25.6 Å². The van der Waals surface area contributed by atoms with Crippen LogP contribution in [-0.2, 0) is 16.6 Å². The van der Waals surface area contributed by atoms with Crippen LogP contribution in [0.1, 0.15) is 43.2 Å². The van der Waals surface area contributed by atoms with Crippen molar-refractivity contribution in [1.29, 1.82) is 0 Å². The van der Waals surface area contributed by atoms with Gasteiger partial charge in [0.2, 0.25) is 0 Å². The van der Waals surface area contributed by atoms with E-state index in [0.29, 0.717) is 18.6 Å². The molecule has 5 heteroatoms. The van der Waals surface area contributed by atoms with Crippen molar-refractivity contribution < 1.29 is 24.2 Å². The van der Waals surface area contributed by atoms with Crippen molar-refractivity contribution >= 4 is 5.78 Å². The Bertz CT molecular complexity index is 849. The maximum Gasteiger partial charge on any atom is 0.174 e. The van der Waals surface area contributed by atoms with Gasteiger partial charge in [-0.25, -0.2) is 0 Å². The number of rotatable bonds is 2. The van der Waals surface area contributed by atoms with Gasteiger partial charge in [0.25, 0.3) is 0 Å². The Kier molecular flexibility index (Phi) is 3.28. The number of carbonyl (C=O) groups is 1. The highest BCUT2D eigenvalue weighted by molar-refractivity contribution is 5.90. The average molecular weight is 371 g/mol. The van der Waals surface area contributed by atoms with Crippen molar-refractivity contribution in [1.82, 2.24) is 0 Å². The minimum absolute atomic E-state index is 0. The molecule has 3 fully saturated rings. The molecule has 3 aliphatic carbocycles. The Hall–Kier alpha value is -1.59. The molecule has 2 aliphatic heterocycles. The quantitative estimate of drug-likeness (QED) is 0.617. The summed E-state index contributed by atoms with van der Waals surface area (Å²) in [6.07, 6.45) is 4.42. The van der Waals surface area contributed by atoms with Gasteiger partial charge < -0.3 is 26.9 Å². The molecule has 6 rings (SSSR count). The fourth-order valence-corrected chi connectivity index (χ4v) is 6.94. The maximum atomic E-state index is 12.8. The third-order valence-corrected chi connectivity index (χ3v) is 8.28. The fourth-order valence-electron chi connectivity index (χ4n) is 6.94. The third kappa shape index (κ3) is 1.85. The van der Waals surface area contributed by atoms with E-state index >= 15 is 0 Å². The number of phenolic OH excluding ortho intramolecular Hbond substituents is 1. The summed E-state index contributed by atoms with van der Waals surface area (Å²) in [6, 6.07) is 3.77. The fraction of sp³-hybridized carbons (Fsp3) is 0.636. The molecule has 2 bridgehead atoms. The highest BCUT2D eigenvalue weighted by atomic mass is 16.5. The van der Waals surface area contributed by atoms with E-state index in [9.17, 15) is 15.0 Å². The predicted octanol–water partition coefficient (Wildman–Crippen LogP) is 2.12. The first-order valence-electron chi connectivity index (χ1n) is 10.0. The van der Waals surface area contributed by atoms with E-state index in [4.69, 9.17) is 4.74 Å². The number of Topliss-reactive ketones (excluding diaryl/α,β-unsaturated/α-hetero) is 1. The second kappa shape index (κ2) is 5.06. The Morgan fingerprint density at radius 2 is 2.07 bits per heavy atom.